The van der Waals surface area contributed by atoms with Crippen LogP contribution < -0.4 is 10.9 Å². The first-order valence-electron chi connectivity index (χ1n) is 4.63. The summed E-state index contributed by atoms with van der Waals surface area (Å²) >= 11 is 6.07. The first-order valence-corrected chi connectivity index (χ1v) is 5.06. The molecule has 1 aliphatic rings. The fourth-order valence-corrected chi connectivity index (χ4v) is 2.04. The van der Waals surface area contributed by atoms with Crippen molar-refractivity contribution in [2.45, 2.75) is 17.5 Å². The Morgan fingerprint density at radius 1 is 1.27 bits per heavy atom. The van der Waals surface area contributed by atoms with Gasteiger partial charge in [-0.15, -0.1) is 11.6 Å². The summed E-state index contributed by atoms with van der Waals surface area (Å²) in [5, 5.41) is 8.37. The molecule has 3 N–H and O–H groups in total. The molecule has 1 aliphatic heterocycles. The number of carboxylic acid groups (broad SMARTS) is 1. The highest BCUT2D eigenvalue weighted by Gasteiger charge is 2.39. The highest BCUT2D eigenvalue weighted by atomic mass is 35.5. The Balaban J connectivity index is 2.17. The third-order valence-electron chi connectivity index (χ3n) is 2.46. The van der Waals surface area contributed by atoms with Crippen LogP contribution in [-0.2, 0) is 4.79 Å². The first-order chi connectivity index (χ1) is 7.20. The predicted octanol–water partition coefficient (Wildman–Crippen LogP) is 0.896. The van der Waals surface area contributed by atoms with Crippen LogP contribution in [0.4, 0.5) is 0 Å². The van der Waals surface area contributed by atoms with E-state index in [2.05, 4.69) is 10.9 Å². The molecule has 1 fully saturated rings. The molecule has 15 heavy (non-hydrogen) atoms. The van der Waals surface area contributed by atoms with Gasteiger partial charge in [-0.3, -0.25) is 4.79 Å². The van der Waals surface area contributed by atoms with Gasteiger partial charge in [-0.1, -0.05) is 30.3 Å². The van der Waals surface area contributed by atoms with Gasteiger partial charge in [0.05, 0.1) is 11.4 Å². The van der Waals surface area contributed by atoms with Gasteiger partial charge in [0.2, 0.25) is 0 Å². The zero-order valence-corrected chi connectivity index (χ0v) is 8.61. The van der Waals surface area contributed by atoms with Gasteiger partial charge in [-0.2, -0.15) is 0 Å². The number of hydrogen-bond acceptors (Lipinski definition) is 3. The molecular formula is C10H11ClN2O2. The van der Waals surface area contributed by atoms with Crippen molar-refractivity contribution in [2.75, 3.05) is 0 Å². The van der Waals surface area contributed by atoms with Crippen LogP contribution in [0.3, 0.4) is 0 Å². The summed E-state index contributed by atoms with van der Waals surface area (Å²) < 4.78 is 0. The minimum absolute atomic E-state index is 0.172. The Morgan fingerprint density at radius 2 is 1.93 bits per heavy atom. The van der Waals surface area contributed by atoms with Gasteiger partial charge >= 0.3 is 5.97 Å². The second kappa shape index (κ2) is 4.18. The Labute approximate surface area is 92.2 Å². The van der Waals surface area contributed by atoms with Gasteiger partial charge in [0.25, 0.3) is 0 Å². The maximum atomic E-state index is 10.8. The monoisotopic (exact) mass is 226 g/mol. The summed E-state index contributed by atoms with van der Waals surface area (Å²) in [7, 11) is 0. The van der Waals surface area contributed by atoms with Crippen molar-refractivity contribution in [2.24, 2.45) is 0 Å². The molecule has 0 saturated carbocycles. The number of rotatable bonds is 2. The third kappa shape index (κ3) is 1.97. The maximum Gasteiger partial charge on any atom is 0.323 e. The molecule has 1 saturated heterocycles. The molecule has 0 bridgehead atoms. The number of halogens is 1. The van der Waals surface area contributed by atoms with Crippen LogP contribution in [0.5, 0.6) is 0 Å². The number of hydrogen-bond donors (Lipinski definition) is 3. The molecule has 0 aromatic heterocycles. The van der Waals surface area contributed by atoms with Gasteiger partial charge in [-0.25, -0.2) is 10.9 Å². The molecule has 3 unspecified atom stereocenters. The molecule has 2 rings (SSSR count). The largest absolute Gasteiger partial charge is 0.480 e. The van der Waals surface area contributed by atoms with Crippen molar-refractivity contribution in [3.05, 3.63) is 35.9 Å². The zero-order valence-electron chi connectivity index (χ0n) is 7.85. The van der Waals surface area contributed by atoms with E-state index in [1.165, 1.54) is 0 Å². The summed E-state index contributed by atoms with van der Waals surface area (Å²) in [6, 6.07) is 8.61. The molecular weight excluding hydrogens is 216 g/mol. The summed E-state index contributed by atoms with van der Waals surface area (Å²) in [4.78, 5) is 10.8. The van der Waals surface area contributed by atoms with Crippen molar-refractivity contribution in [3.8, 4) is 0 Å². The first kappa shape index (κ1) is 10.4. The van der Waals surface area contributed by atoms with E-state index in [1.807, 2.05) is 30.3 Å². The van der Waals surface area contributed by atoms with Crippen molar-refractivity contribution in [3.63, 3.8) is 0 Å². The van der Waals surface area contributed by atoms with E-state index in [4.69, 9.17) is 16.7 Å². The van der Waals surface area contributed by atoms with E-state index in [1.54, 1.807) is 0 Å². The Kier molecular flexibility index (Phi) is 2.90. The van der Waals surface area contributed by atoms with Crippen molar-refractivity contribution >= 4 is 17.6 Å². The average molecular weight is 227 g/mol. The molecule has 80 valence electrons. The van der Waals surface area contributed by atoms with Gasteiger partial charge < -0.3 is 5.11 Å². The van der Waals surface area contributed by atoms with E-state index in [-0.39, 0.29) is 6.04 Å². The van der Waals surface area contributed by atoms with Crippen molar-refractivity contribution < 1.29 is 9.90 Å². The molecule has 1 aromatic rings. The summed E-state index contributed by atoms with van der Waals surface area (Å²) in [6.45, 7) is 0. The number of carboxylic acids is 1. The van der Waals surface area contributed by atoms with Crippen LogP contribution in [-0.4, -0.2) is 22.5 Å². The number of aliphatic carboxylic acids is 1. The molecule has 0 aliphatic carbocycles. The lowest BCUT2D eigenvalue weighted by molar-refractivity contribution is -0.139. The number of alkyl halides is 1. The van der Waals surface area contributed by atoms with Crippen LogP contribution in [0.15, 0.2) is 30.3 Å². The van der Waals surface area contributed by atoms with Gasteiger partial charge in [0.15, 0.2) is 0 Å². The van der Waals surface area contributed by atoms with Crippen LogP contribution in [0.2, 0.25) is 0 Å². The fraction of sp³-hybridized carbons (Fsp3) is 0.300. The molecule has 5 heteroatoms. The molecule has 1 aromatic carbocycles. The van der Waals surface area contributed by atoms with Gasteiger partial charge in [0, 0.05) is 0 Å². The van der Waals surface area contributed by atoms with Gasteiger partial charge in [-0.05, 0) is 5.56 Å². The SMILES string of the molecule is O=C(O)C1NNC(c2ccccc2)C1Cl. The minimum Gasteiger partial charge on any atom is -0.480 e. The lowest BCUT2D eigenvalue weighted by Gasteiger charge is -2.14. The van der Waals surface area contributed by atoms with E-state index >= 15 is 0 Å². The quantitative estimate of drug-likeness (QED) is 0.656. The lowest BCUT2D eigenvalue weighted by Crippen LogP contribution is -2.38. The smallest absolute Gasteiger partial charge is 0.323 e. The number of benzene rings is 1. The van der Waals surface area contributed by atoms with Crippen LogP contribution >= 0.6 is 11.6 Å². The average Bonchev–Trinajstić information content (AvgIpc) is 2.61. The second-order valence-electron chi connectivity index (χ2n) is 3.44. The van der Waals surface area contributed by atoms with Crippen LogP contribution in [0, 0.1) is 0 Å². The lowest BCUT2D eigenvalue weighted by atomic mass is 10.0. The topological polar surface area (TPSA) is 61.4 Å². The normalized spacial score (nSPS) is 30.3. The molecule has 1 heterocycles. The summed E-state index contributed by atoms with van der Waals surface area (Å²) in [5.41, 5.74) is 6.54. The molecule has 4 nitrogen and oxygen atoms in total. The molecule has 0 radical (unpaired) electrons. The second-order valence-corrected chi connectivity index (χ2v) is 3.94. The zero-order chi connectivity index (χ0) is 10.8. The Bertz CT molecular complexity index is 358. The standard InChI is InChI=1S/C10H11ClN2O2/c11-7-8(6-4-2-1-3-5-6)12-13-9(7)10(14)15/h1-5,7-9,12-13H,(H,14,15). The minimum atomic E-state index is -0.944. The third-order valence-corrected chi connectivity index (χ3v) is 2.96. The molecule has 3 atom stereocenters. The number of hydrazine groups is 1. The van der Waals surface area contributed by atoms with Crippen LogP contribution in [0.1, 0.15) is 11.6 Å². The van der Waals surface area contributed by atoms with Crippen molar-refractivity contribution in [1.29, 1.82) is 0 Å². The van der Waals surface area contributed by atoms with Crippen molar-refractivity contribution in [1.82, 2.24) is 10.9 Å². The van der Waals surface area contributed by atoms with E-state index in [9.17, 15) is 4.79 Å². The van der Waals surface area contributed by atoms with E-state index in [0.29, 0.717) is 0 Å². The van der Waals surface area contributed by atoms with Crippen LogP contribution in [0.25, 0.3) is 0 Å². The van der Waals surface area contributed by atoms with Gasteiger partial charge in [0.1, 0.15) is 6.04 Å². The maximum absolute atomic E-state index is 10.8. The highest BCUT2D eigenvalue weighted by molar-refractivity contribution is 6.23. The predicted molar refractivity (Wildman–Crippen MR) is 56.5 cm³/mol. The van der Waals surface area contributed by atoms with E-state index in [0.717, 1.165) is 5.56 Å². The fourth-order valence-electron chi connectivity index (χ4n) is 1.66. The Morgan fingerprint density at radius 3 is 2.47 bits per heavy atom. The van der Waals surface area contributed by atoms with E-state index < -0.39 is 17.4 Å². The highest BCUT2D eigenvalue weighted by Crippen LogP contribution is 2.27. The summed E-state index contributed by atoms with van der Waals surface area (Å²) in [5.74, 6) is -0.944. The summed E-state index contributed by atoms with van der Waals surface area (Å²) in [6.07, 6.45) is 0. The Hall–Kier alpha value is -1.10. The molecule has 0 spiro atoms. The number of nitrogens with one attached hydrogen (secondary N) is 2. The number of carbonyl (C=O) groups is 1. The molecule has 0 amide bonds.